The minimum absolute atomic E-state index is 0.0522. The highest BCUT2D eigenvalue weighted by Crippen LogP contribution is 2.20. The average molecular weight is 287 g/mol. The van der Waals surface area contributed by atoms with E-state index in [1.807, 2.05) is 4.90 Å². The number of likely N-dealkylation sites (N-methyl/N-ethyl adjacent to an activating group) is 1. The Morgan fingerprint density at radius 2 is 2.12 bits per heavy atom. The molecule has 0 spiro atoms. The molecule has 0 bridgehead atoms. The summed E-state index contributed by atoms with van der Waals surface area (Å²) in [6.07, 6.45) is 1.53. The molecule has 1 fully saturated rings. The van der Waals surface area contributed by atoms with E-state index in [2.05, 4.69) is 27.8 Å². The smallest absolute Gasteiger partial charge is 0.258 e. The normalized spacial score (nSPS) is 17.8. The van der Waals surface area contributed by atoms with Gasteiger partial charge in [-0.1, -0.05) is 6.92 Å². The van der Waals surface area contributed by atoms with Crippen LogP contribution in [0.2, 0.25) is 0 Å². The van der Waals surface area contributed by atoms with Gasteiger partial charge in [0.25, 0.3) is 5.91 Å². The van der Waals surface area contributed by atoms with Crippen molar-refractivity contribution in [2.75, 3.05) is 32.7 Å². The highest BCUT2D eigenvalue weighted by molar-refractivity contribution is 9.10. The van der Waals surface area contributed by atoms with E-state index in [0.29, 0.717) is 10.2 Å². The van der Waals surface area contributed by atoms with Crippen molar-refractivity contribution in [2.24, 2.45) is 0 Å². The lowest BCUT2D eigenvalue weighted by molar-refractivity contribution is 0.0641. The number of hydrogen-bond donors (Lipinski definition) is 0. The van der Waals surface area contributed by atoms with Gasteiger partial charge in [0.2, 0.25) is 0 Å². The second-order valence-corrected chi connectivity index (χ2v) is 4.55. The molecule has 88 valence electrons. The van der Waals surface area contributed by atoms with Crippen LogP contribution in [0.3, 0.4) is 0 Å². The Kier molecular flexibility index (Phi) is 3.66. The lowest BCUT2D eigenvalue weighted by Crippen LogP contribution is -2.48. The van der Waals surface area contributed by atoms with Crippen molar-refractivity contribution in [1.29, 1.82) is 0 Å². The van der Waals surface area contributed by atoms with E-state index in [1.54, 1.807) is 6.07 Å². The summed E-state index contributed by atoms with van der Waals surface area (Å²) in [5.41, 5.74) is 0.616. The summed E-state index contributed by atoms with van der Waals surface area (Å²) >= 11 is 3.23. The minimum Gasteiger partial charge on any atom is -0.457 e. The Bertz CT molecular complexity index is 370. The molecular formula is C11H15BrN2O2. The molecule has 1 amide bonds. The van der Waals surface area contributed by atoms with Gasteiger partial charge in [-0.25, -0.2) is 0 Å². The number of carbonyl (C=O) groups is 1. The van der Waals surface area contributed by atoms with Crippen molar-refractivity contribution in [3.63, 3.8) is 0 Å². The van der Waals surface area contributed by atoms with Gasteiger partial charge in [-0.2, -0.15) is 0 Å². The van der Waals surface area contributed by atoms with Gasteiger partial charge in [0, 0.05) is 26.2 Å². The van der Waals surface area contributed by atoms with Gasteiger partial charge in [0.15, 0.2) is 4.67 Å². The van der Waals surface area contributed by atoms with Gasteiger partial charge in [-0.05, 0) is 28.5 Å². The van der Waals surface area contributed by atoms with Crippen molar-refractivity contribution in [3.05, 3.63) is 22.6 Å². The first kappa shape index (κ1) is 11.7. The van der Waals surface area contributed by atoms with Crippen LogP contribution >= 0.6 is 15.9 Å². The third kappa shape index (κ3) is 2.30. The summed E-state index contributed by atoms with van der Waals surface area (Å²) in [6.45, 7) is 6.70. The average Bonchev–Trinajstić information content (AvgIpc) is 2.75. The molecule has 0 radical (unpaired) electrons. The Morgan fingerprint density at radius 1 is 1.44 bits per heavy atom. The van der Waals surface area contributed by atoms with Gasteiger partial charge in [-0.15, -0.1) is 0 Å². The van der Waals surface area contributed by atoms with Crippen molar-refractivity contribution < 1.29 is 9.21 Å². The molecule has 1 aromatic rings. The van der Waals surface area contributed by atoms with Crippen molar-refractivity contribution in [3.8, 4) is 0 Å². The fourth-order valence-corrected chi connectivity index (χ4v) is 2.29. The highest BCUT2D eigenvalue weighted by atomic mass is 79.9. The number of hydrogen-bond acceptors (Lipinski definition) is 3. The highest BCUT2D eigenvalue weighted by Gasteiger charge is 2.23. The number of furan rings is 1. The van der Waals surface area contributed by atoms with Crippen LogP contribution in [0.5, 0.6) is 0 Å². The molecule has 1 aliphatic heterocycles. The zero-order valence-electron chi connectivity index (χ0n) is 9.28. The molecule has 0 aromatic carbocycles. The van der Waals surface area contributed by atoms with Crippen LogP contribution in [0.4, 0.5) is 0 Å². The number of halogens is 1. The van der Waals surface area contributed by atoms with E-state index in [4.69, 9.17) is 4.42 Å². The molecule has 2 heterocycles. The number of piperazine rings is 1. The molecule has 0 aliphatic carbocycles. The summed E-state index contributed by atoms with van der Waals surface area (Å²) in [6, 6.07) is 1.71. The molecule has 1 aromatic heterocycles. The third-order valence-electron chi connectivity index (χ3n) is 2.96. The van der Waals surface area contributed by atoms with Gasteiger partial charge >= 0.3 is 0 Å². The summed E-state index contributed by atoms with van der Waals surface area (Å²) in [5, 5.41) is 0. The molecule has 16 heavy (non-hydrogen) atoms. The molecule has 5 heteroatoms. The van der Waals surface area contributed by atoms with Crippen LogP contribution in [0.15, 0.2) is 21.4 Å². The number of carbonyl (C=O) groups excluding carboxylic acids is 1. The SMILES string of the molecule is CCN1CCN(C(=O)c2ccoc2Br)CC1. The van der Waals surface area contributed by atoms with Gasteiger partial charge in [0.1, 0.15) is 0 Å². The molecule has 1 aliphatic rings. The van der Waals surface area contributed by atoms with Crippen LogP contribution in [-0.2, 0) is 0 Å². The van der Waals surface area contributed by atoms with E-state index < -0.39 is 0 Å². The van der Waals surface area contributed by atoms with E-state index in [1.165, 1.54) is 6.26 Å². The van der Waals surface area contributed by atoms with E-state index in [-0.39, 0.29) is 5.91 Å². The third-order valence-corrected chi connectivity index (χ3v) is 3.57. The lowest BCUT2D eigenvalue weighted by atomic mass is 10.2. The van der Waals surface area contributed by atoms with Crippen molar-refractivity contribution in [2.45, 2.75) is 6.92 Å². The number of amides is 1. The minimum atomic E-state index is 0.0522. The van der Waals surface area contributed by atoms with Crippen LogP contribution < -0.4 is 0 Å². The van der Waals surface area contributed by atoms with Crippen molar-refractivity contribution >= 4 is 21.8 Å². The zero-order chi connectivity index (χ0) is 11.5. The number of rotatable bonds is 2. The molecule has 0 N–H and O–H groups in total. The molecule has 0 saturated carbocycles. The first-order chi connectivity index (χ1) is 7.72. The zero-order valence-corrected chi connectivity index (χ0v) is 10.9. The van der Waals surface area contributed by atoms with E-state index >= 15 is 0 Å². The Morgan fingerprint density at radius 3 is 2.62 bits per heavy atom. The van der Waals surface area contributed by atoms with Crippen molar-refractivity contribution in [1.82, 2.24) is 9.80 Å². The van der Waals surface area contributed by atoms with Gasteiger partial charge in [-0.3, -0.25) is 4.79 Å². The fourth-order valence-electron chi connectivity index (χ4n) is 1.88. The van der Waals surface area contributed by atoms with Gasteiger partial charge < -0.3 is 14.2 Å². The predicted octanol–water partition coefficient (Wildman–Crippen LogP) is 1.82. The molecular weight excluding hydrogens is 272 g/mol. The summed E-state index contributed by atoms with van der Waals surface area (Å²) in [4.78, 5) is 16.3. The maximum Gasteiger partial charge on any atom is 0.258 e. The quantitative estimate of drug-likeness (QED) is 0.832. The van der Waals surface area contributed by atoms with E-state index in [0.717, 1.165) is 32.7 Å². The molecule has 2 rings (SSSR count). The Balaban J connectivity index is 2.00. The lowest BCUT2D eigenvalue weighted by Gasteiger charge is -2.33. The van der Waals surface area contributed by atoms with E-state index in [9.17, 15) is 4.79 Å². The Labute approximate surface area is 103 Å². The maximum absolute atomic E-state index is 12.1. The van der Waals surface area contributed by atoms with Crippen LogP contribution in [-0.4, -0.2) is 48.4 Å². The molecule has 4 nitrogen and oxygen atoms in total. The second-order valence-electron chi connectivity index (χ2n) is 3.83. The molecule has 0 unspecified atom stereocenters. The van der Waals surface area contributed by atoms with Gasteiger partial charge in [0.05, 0.1) is 11.8 Å². The first-order valence-corrected chi connectivity index (χ1v) is 6.26. The van der Waals surface area contributed by atoms with Crippen LogP contribution in [0, 0.1) is 0 Å². The summed E-state index contributed by atoms with van der Waals surface area (Å²) < 4.78 is 5.60. The Hall–Kier alpha value is -0.810. The largest absolute Gasteiger partial charge is 0.457 e. The fraction of sp³-hybridized carbons (Fsp3) is 0.545. The number of nitrogens with zero attached hydrogens (tertiary/aromatic N) is 2. The monoisotopic (exact) mass is 286 g/mol. The summed E-state index contributed by atoms with van der Waals surface area (Å²) in [7, 11) is 0. The van der Waals surface area contributed by atoms with Crippen LogP contribution in [0.1, 0.15) is 17.3 Å². The molecule has 1 saturated heterocycles. The molecule has 0 atom stereocenters. The standard InChI is InChI=1S/C11H15BrN2O2/c1-2-13-4-6-14(7-5-13)11(15)9-3-8-16-10(9)12/h3,8H,2,4-7H2,1H3. The predicted molar refractivity (Wildman–Crippen MR) is 64.4 cm³/mol. The first-order valence-electron chi connectivity index (χ1n) is 5.47. The topological polar surface area (TPSA) is 36.7 Å². The second kappa shape index (κ2) is 5.01. The van der Waals surface area contributed by atoms with Crippen LogP contribution in [0.25, 0.3) is 0 Å². The maximum atomic E-state index is 12.1. The summed E-state index contributed by atoms with van der Waals surface area (Å²) in [5.74, 6) is 0.0522.